The van der Waals surface area contributed by atoms with Crippen molar-refractivity contribution in [2.45, 2.75) is 37.1 Å². The lowest BCUT2D eigenvalue weighted by molar-refractivity contribution is -0.121. The molecule has 134 valence electrons. The maximum Gasteiger partial charge on any atom is 0.220 e. The summed E-state index contributed by atoms with van der Waals surface area (Å²) in [4.78, 5) is 12.4. The van der Waals surface area contributed by atoms with Crippen LogP contribution in [0.5, 0.6) is 0 Å². The molecular weight excluding hydrogens is 341 g/mol. The zero-order valence-corrected chi connectivity index (χ0v) is 15.1. The molecule has 0 radical (unpaired) electrons. The molecule has 0 fully saturated rings. The van der Waals surface area contributed by atoms with Gasteiger partial charge in [0.25, 0.3) is 0 Å². The van der Waals surface area contributed by atoms with E-state index in [1.807, 2.05) is 6.92 Å². The highest BCUT2D eigenvalue weighted by molar-refractivity contribution is 7.90. The molecule has 1 unspecified atom stereocenters. The lowest BCUT2D eigenvalue weighted by Crippen LogP contribution is -2.28. The second-order valence-corrected chi connectivity index (χ2v) is 7.98. The monoisotopic (exact) mass is 363 g/mol. The zero-order chi connectivity index (χ0) is 18.4. The van der Waals surface area contributed by atoms with Crippen molar-refractivity contribution in [2.24, 2.45) is 0 Å². The SMILES string of the molecule is CCC(NC(=O)CCc1ccccc1F)c1ccc(S(C)(=O)=O)cc1. The minimum atomic E-state index is -3.24. The highest BCUT2D eigenvalue weighted by Gasteiger charge is 2.14. The number of aryl methyl sites for hydroxylation is 1. The van der Waals surface area contributed by atoms with E-state index in [9.17, 15) is 17.6 Å². The van der Waals surface area contributed by atoms with Gasteiger partial charge in [-0.3, -0.25) is 4.79 Å². The summed E-state index contributed by atoms with van der Waals surface area (Å²) in [5.74, 6) is -0.471. The number of benzene rings is 2. The standard InChI is InChI=1S/C19H22FNO3S/c1-3-18(15-8-11-16(12-9-15)25(2,23)24)21-19(22)13-10-14-6-4-5-7-17(14)20/h4-9,11-12,18H,3,10,13H2,1-2H3,(H,21,22). The Balaban J connectivity index is 1.99. The number of hydrogen-bond donors (Lipinski definition) is 1. The van der Waals surface area contributed by atoms with Crippen molar-refractivity contribution >= 4 is 15.7 Å². The highest BCUT2D eigenvalue weighted by Crippen LogP contribution is 2.19. The Hall–Kier alpha value is -2.21. The number of hydrogen-bond acceptors (Lipinski definition) is 3. The van der Waals surface area contributed by atoms with Gasteiger partial charge in [-0.2, -0.15) is 0 Å². The molecule has 0 bridgehead atoms. The predicted molar refractivity (Wildman–Crippen MR) is 95.4 cm³/mol. The molecule has 0 aliphatic rings. The van der Waals surface area contributed by atoms with Gasteiger partial charge in [0.05, 0.1) is 10.9 Å². The fourth-order valence-electron chi connectivity index (χ4n) is 2.58. The van der Waals surface area contributed by atoms with Gasteiger partial charge >= 0.3 is 0 Å². The molecule has 1 atom stereocenters. The van der Waals surface area contributed by atoms with Crippen molar-refractivity contribution in [3.8, 4) is 0 Å². The van der Waals surface area contributed by atoms with Crippen LogP contribution in [-0.4, -0.2) is 20.6 Å². The first-order valence-electron chi connectivity index (χ1n) is 8.14. The van der Waals surface area contributed by atoms with Crippen LogP contribution >= 0.6 is 0 Å². The lowest BCUT2D eigenvalue weighted by Gasteiger charge is -2.18. The number of amides is 1. The lowest BCUT2D eigenvalue weighted by atomic mass is 10.0. The normalized spacial score (nSPS) is 12.6. The maximum absolute atomic E-state index is 13.6. The van der Waals surface area contributed by atoms with Crippen LogP contribution in [0.4, 0.5) is 4.39 Å². The third kappa shape index (κ3) is 5.39. The fourth-order valence-corrected chi connectivity index (χ4v) is 3.21. The number of sulfone groups is 1. The number of rotatable bonds is 7. The van der Waals surface area contributed by atoms with Crippen LogP contribution in [0.1, 0.15) is 36.9 Å². The summed E-state index contributed by atoms with van der Waals surface area (Å²) in [6, 6.07) is 12.7. The molecule has 0 heterocycles. The molecule has 0 saturated carbocycles. The average molecular weight is 363 g/mol. The summed E-state index contributed by atoms with van der Waals surface area (Å²) in [5, 5.41) is 2.92. The molecule has 1 N–H and O–H groups in total. The van der Waals surface area contributed by atoms with Crippen molar-refractivity contribution in [3.05, 3.63) is 65.5 Å². The summed E-state index contributed by atoms with van der Waals surface area (Å²) in [6.45, 7) is 1.94. The van der Waals surface area contributed by atoms with Crippen molar-refractivity contribution < 1.29 is 17.6 Å². The van der Waals surface area contributed by atoms with Gasteiger partial charge in [-0.1, -0.05) is 37.3 Å². The summed E-state index contributed by atoms with van der Waals surface area (Å²) < 4.78 is 36.6. The molecule has 25 heavy (non-hydrogen) atoms. The van der Waals surface area contributed by atoms with E-state index >= 15 is 0 Å². The Morgan fingerprint density at radius 2 is 1.76 bits per heavy atom. The summed E-state index contributed by atoms with van der Waals surface area (Å²) in [6.07, 6.45) is 2.36. The van der Waals surface area contributed by atoms with E-state index in [1.165, 1.54) is 6.07 Å². The number of halogens is 1. The van der Waals surface area contributed by atoms with E-state index in [-0.39, 0.29) is 29.1 Å². The summed E-state index contributed by atoms with van der Waals surface area (Å²) in [7, 11) is -3.24. The fraction of sp³-hybridized carbons (Fsp3) is 0.316. The van der Waals surface area contributed by atoms with Gasteiger partial charge in [0.1, 0.15) is 5.82 Å². The first-order chi connectivity index (χ1) is 11.8. The van der Waals surface area contributed by atoms with E-state index < -0.39 is 9.84 Å². The average Bonchev–Trinajstić information content (AvgIpc) is 2.58. The molecule has 0 aromatic heterocycles. The van der Waals surface area contributed by atoms with E-state index in [0.717, 1.165) is 11.8 Å². The van der Waals surface area contributed by atoms with Gasteiger partial charge in [0.15, 0.2) is 9.84 Å². The van der Waals surface area contributed by atoms with Crippen molar-refractivity contribution in [1.82, 2.24) is 5.32 Å². The summed E-state index contributed by atoms with van der Waals surface area (Å²) >= 11 is 0. The van der Waals surface area contributed by atoms with Crippen LogP contribution in [0.25, 0.3) is 0 Å². The first kappa shape index (κ1) is 19.1. The Kier molecular flexibility index (Phi) is 6.31. The number of nitrogens with one attached hydrogen (secondary N) is 1. The Labute approximate surface area is 148 Å². The van der Waals surface area contributed by atoms with Crippen LogP contribution in [0.15, 0.2) is 53.4 Å². The molecular formula is C19H22FNO3S. The number of carbonyl (C=O) groups is 1. The number of carbonyl (C=O) groups excluding carboxylic acids is 1. The molecule has 0 spiro atoms. The third-order valence-corrected chi connectivity index (χ3v) is 5.16. The first-order valence-corrected chi connectivity index (χ1v) is 10.0. The molecule has 2 aromatic carbocycles. The quantitative estimate of drug-likeness (QED) is 0.820. The summed E-state index contributed by atoms with van der Waals surface area (Å²) in [5.41, 5.74) is 1.36. The predicted octanol–water partition coefficient (Wildman–Crippen LogP) is 3.43. The van der Waals surface area contributed by atoms with Crippen LogP contribution in [-0.2, 0) is 21.1 Å². The smallest absolute Gasteiger partial charge is 0.220 e. The Bertz CT molecular complexity index is 832. The molecule has 2 rings (SSSR count). The molecule has 0 aliphatic carbocycles. The highest BCUT2D eigenvalue weighted by atomic mass is 32.2. The van der Waals surface area contributed by atoms with E-state index in [2.05, 4.69) is 5.32 Å². The van der Waals surface area contributed by atoms with Gasteiger partial charge in [0, 0.05) is 12.7 Å². The van der Waals surface area contributed by atoms with Crippen LogP contribution in [0.2, 0.25) is 0 Å². The Morgan fingerprint density at radius 3 is 2.32 bits per heavy atom. The van der Waals surface area contributed by atoms with Crippen molar-refractivity contribution in [3.63, 3.8) is 0 Å². The Morgan fingerprint density at radius 1 is 1.12 bits per heavy atom. The molecule has 2 aromatic rings. The van der Waals surface area contributed by atoms with Crippen LogP contribution in [0, 0.1) is 5.82 Å². The van der Waals surface area contributed by atoms with Gasteiger partial charge in [-0.25, -0.2) is 12.8 Å². The van der Waals surface area contributed by atoms with E-state index in [0.29, 0.717) is 18.4 Å². The van der Waals surface area contributed by atoms with Crippen molar-refractivity contribution in [2.75, 3.05) is 6.26 Å². The van der Waals surface area contributed by atoms with Gasteiger partial charge in [0.2, 0.25) is 5.91 Å². The second-order valence-electron chi connectivity index (χ2n) is 5.96. The van der Waals surface area contributed by atoms with Gasteiger partial charge in [-0.15, -0.1) is 0 Å². The van der Waals surface area contributed by atoms with E-state index in [4.69, 9.17) is 0 Å². The molecule has 1 amide bonds. The zero-order valence-electron chi connectivity index (χ0n) is 14.3. The van der Waals surface area contributed by atoms with Crippen LogP contribution in [0.3, 0.4) is 0 Å². The van der Waals surface area contributed by atoms with E-state index in [1.54, 1.807) is 42.5 Å². The second kappa shape index (κ2) is 8.25. The minimum Gasteiger partial charge on any atom is -0.349 e. The van der Waals surface area contributed by atoms with Gasteiger partial charge in [-0.05, 0) is 42.2 Å². The minimum absolute atomic E-state index is 0.165. The molecule has 0 saturated heterocycles. The maximum atomic E-state index is 13.6. The molecule has 4 nitrogen and oxygen atoms in total. The topological polar surface area (TPSA) is 63.2 Å². The molecule has 0 aliphatic heterocycles. The van der Waals surface area contributed by atoms with Gasteiger partial charge < -0.3 is 5.32 Å². The van der Waals surface area contributed by atoms with Crippen LogP contribution < -0.4 is 5.32 Å². The third-order valence-electron chi connectivity index (χ3n) is 4.03. The largest absolute Gasteiger partial charge is 0.349 e. The van der Waals surface area contributed by atoms with Crippen molar-refractivity contribution in [1.29, 1.82) is 0 Å². The molecule has 6 heteroatoms.